The number of aromatic nitrogens is 1. The van der Waals surface area contributed by atoms with Crippen molar-refractivity contribution < 1.29 is 13.2 Å². The number of anilines is 1. The number of piperidine rings is 1. The molecule has 0 unspecified atom stereocenters. The summed E-state index contributed by atoms with van der Waals surface area (Å²) in [6.07, 6.45) is 2.89. The fourth-order valence-electron chi connectivity index (χ4n) is 3.61. The molecule has 0 saturated carbocycles. The van der Waals surface area contributed by atoms with Crippen molar-refractivity contribution in [2.75, 3.05) is 18.4 Å². The largest absolute Gasteiger partial charge is 0.322 e. The number of benzene rings is 2. The molecule has 1 aliphatic heterocycles. The van der Waals surface area contributed by atoms with Crippen LogP contribution in [0, 0.1) is 0 Å². The molecule has 158 valence electrons. The van der Waals surface area contributed by atoms with E-state index in [4.69, 9.17) is 0 Å². The van der Waals surface area contributed by atoms with E-state index in [0.717, 1.165) is 40.8 Å². The Bertz CT molecular complexity index is 1240. The highest BCUT2D eigenvalue weighted by molar-refractivity contribution is 7.88. The number of carbonyl (C=O) groups is 1. The van der Waals surface area contributed by atoms with Gasteiger partial charge in [-0.25, -0.2) is 12.7 Å². The van der Waals surface area contributed by atoms with Crippen molar-refractivity contribution in [2.24, 2.45) is 7.05 Å². The zero-order valence-electron chi connectivity index (χ0n) is 16.6. The third kappa shape index (κ3) is 4.33. The molecule has 1 aromatic heterocycles. The maximum Gasteiger partial charge on any atom is 0.307 e. The minimum atomic E-state index is -3.33. The van der Waals surface area contributed by atoms with Crippen LogP contribution in [-0.4, -0.2) is 36.3 Å². The second-order valence-electron chi connectivity index (χ2n) is 7.48. The number of hydrogen-bond acceptors (Lipinski definition) is 5. The minimum absolute atomic E-state index is 0.0522. The molecule has 0 bridgehead atoms. The molecule has 0 atom stereocenters. The maximum absolute atomic E-state index is 12.6. The normalized spacial score (nSPS) is 15.4. The topological polar surface area (TPSA) is 88.5 Å². The summed E-state index contributed by atoms with van der Waals surface area (Å²) in [6, 6.07) is 12.0. The first-order valence-corrected chi connectivity index (χ1v) is 12.2. The number of nitrogens with one attached hydrogen (secondary N) is 1. The number of sulfonamides is 1. The number of thiazole rings is 1. The third-order valence-corrected chi connectivity index (χ3v) is 8.17. The lowest BCUT2D eigenvalue weighted by atomic mass is 10.1. The Morgan fingerprint density at radius 2 is 1.77 bits per heavy atom. The van der Waals surface area contributed by atoms with Crippen molar-refractivity contribution in [3.05, 3.63) is 63.3 Å². The zero-order valence-corrected chi connectivity index (χ0v) is 18.3. The minimum Gasteiger partial charge on any atom is -0.322 e. The van der Waals surface area contributed by atoms with Crippen LogP contribution in [0.25, 0.3) is 10.2 Å². The Kier molecular flexibility index (Phi) is 5.77. The second kappa shape index (κ2) is 8.33. The molecule has 1 N–H and O–H groups in total. The van der Waals surface area contributed by atoms with Crippen LogP contribution >= 0.6 is 11.3 Å². The van der Waals surface area contributed by atoms with Gasteiger partial charge in [0.2, 0.25) is 10.0 Å². The number of amides is 1. The van der Waals surface area contributed by atoms with Crippen LogP contribution in [0.3, 0.4) is 0 Å². The first kappa shape index (κ1) is 20.8. The average Bonchev–Trinajstić information content (AvgIpc) is 3.02. The zero-order chi connectivity index (χ0) is 21.3. The summed E-state index contributed by atoms with van der Waals surface area (Å²) in [5.41, 5.74) is 2.52. The van der Waals surface area contributed by atoms with Crippen LogP contribution in [0.5, 0.6) is 0 Å². The molecule has 3 aromatic rings. The van der Waals surface area contributed by atoms with E-state index in [1.165, 1.54) is 0 Å². The van der Waals surface area contributed by atoms with E-state index in [1.807, 2.05) is 0 Å². The molecule has 0 spiro atoms. The third-order valence-electron chi connectivity index (χ3n) is 5.32. The summed E-state index contributed by atoms with van der Waals surface area (Å²) in [4.78, 5) is 24.3. The fourth-order valence-corrected chi connectivity index (χ4v) is 6.14. The first-order valence-electron chi connectivity index (χ1n) is 9.81. The number of carbonyl (C=O) groups excluding carboxylic acids is 1. The molecule has 4 rings (SSSR count). The van der Waals surface area contributed by atoms with Crippen LogP contribution in [0.4, 0.5) is 5.69 Å². The molecule has 2 heterocycles. The molecular weight excluding hydrogens is 422 g/mol. The van der Waals surface area contributed by atoms with E-state index in [2.05, 4.69) is 5.32 Å². The number of fused-ring (bicyclic) bond motifs is 1. The van der Waals surface area contributed by atoms with Crippen molar-refractivity contribution >= 4 is 43.2 Å². The summed E-state index contributed by atoms with van der Waals surface area (Å²) in [6.45, 7) is 1.17. The van der Waals surface area contributed by atoms with Gasteiger partial charge in [-0.15, -0.1) is 0 Å². The molecule has 0 aliphatic carbocycles. The van der Waals surface area contributed by atoms with Crippen molar-refractivity contribution in [1.29, 1.82) is 0 Å². The molecule has 0 radical (unpaired) electrons. The van der Waals surface area contributed by atoms with Gasteiger partial charge in [-0.1, -0.05) is 29.9 Å². The molecule has 2 aromatic carbocycles. The molecule has 1 fully saturated rings. The van der Waals surface area contributed by atoms with Gasteiger partial charge in [0.15, 0.2) is 0 Å². The molecular formula is C21H23N3O4S2. The number of rotatable bonds is 5. The Hall–Kier alpha value is -2.49. The SMILES string of the molecule is Cn1c(=O)sc2cc(NC(=O)c3ccc(CS(=O)(=O)N4CCCCC4)cc3)ccc21. The van der Waals surface area contributed by atoms with Crippen molar-refractivity contribution in [1.82, 2.24) is 8.87 Å². The lowest BCUT2D eigenvalue weighted by molar-refractivity contribution is 0.102. The summed E-state index contributed by atoms with van der Waals surface area (Å²) in [7, 11) is -1.62. The van der Waals surface area contributed by atoms with Crippen molar-refractivity contribution in [3.63, 3.8) is 0 Å². The van der Waals surface area contributed by atoms with Gasteiger partial charge >= 0.3 is 4.87 Å². The van der Waals surface area contributed by atoms with E-state index in [0.29, 0.717) is 29.9 Å². The highest BCUT2D eigenvalue weighted by atomic mass is 32.2. The average molecular weight is 446 g/mol. The van der Waals surface area contributed by atoms with Gasteiger partial charge < -0.3 is 9.88 Å². The summed E-state index contributed by atoms with van der Waals surface area (Å²) >= 11 is 1.13. The molecule has 1 aliphatic rings. The molecule has 1 amide bonds. The van der Waals surface area contributed by atoms with Gasteiger partial charge in [0.25, 0.3) is 5.91 Å². The lowest BCUT2D eigenvalue weighted by Crippen LogP contribution is -2.36. The van der Waals surface area contributed by atoms with Crippen LogP contribution < -0.4 is 10.2 Å². The van der Waals surface area contributed by atoms with E-state index < -0.39 is 10.0 Å². The summed E-state index contributed by atoms with van der Waals surface area (Å²) < 4.78 is 29.1. The molecule has 1 saturated heterocycles. The van der Waals surface area contributed by atoms with Gasteiger partial charge in [-0.05, 0) is 48.7 Å². The predicted molar refractivity (Wildman–Crippen MR) is 120 cm³/mol. The van der Waals surface area contributed by atoms with E-state index in [9.17, 15) is 18.0 Å². The number of hydrogen-bond donors (Lipinski definition) is 1. The van der Waals surface area contributed by atoms with Gasteiger partial charge in [0.1, 0.15) is 0 Å². The number of aryl methyl sites for hydroxylation is 1. The molecule has 30 heavy (non-hydrogen) atoms. The van der Waals surface area contributed by atoms with Gasteiger partial charge in [0, 0.05) is 31.4 Å². The highest BCUT2D eigenvalue weighted by Crippen LogP contribution is 2.22. The van der Waals surface area contributed by atoms with Crippen LogP contribution in [0.2, 0.25) is 0 Å². The first-order chi connectivity index (χ1) is 14.3. The maximum atomic E-state index is 12.6. The second-order valence-corrected chi connectivity index (χ2v) is 10.4. The predicted octanol–water partition coefficient (Wildman–Crippen LogP) is 3.17. The Morgan fingerprint density at radius 3 is 2.47 bits per heavy atom. The monoisotopic (exact) mass is 445 g/mol. The molecule has 7 nitrogen and oxygen atoms in total. The standard InChI is InChI=1S/C21H23N3O4S2/c1-23-18-10-9-17(13-19(18)29-21(23)26)22-20(25)16-7-5-15(6-8-16)14-30(27,28)24-11-3-2-4-12-24/h5-10,13H,2-4,11-12,14H2,1H3,(H,22,25). The Balaban J connectivity index is 1.44. The Morgan fingerprint density at radius 1 is 1.07 bits per heavy atom. The molecule has 9 heteroatoms. The fraction of sp³-hybridized carbons (Fsp3) is 0.333. The van der Waals surface area contributed by atoms with E-state index in [-0.39, 0.29) is 16.5 Å². The van der Waals surface area contributed by atoms with Crippen LogP contribution in [-0.2, 0) is 22.8 Å². The quantitative estimate of drug-likeness (QED) is 0.653. The van der Waals surface area contributed by atoms with E-state index >= 15 is 0 Å². The van der Waals surface area contributed by atoms with Crippen molar-refractivity contribution in [2.45, 2.75) is 25.0 Å². The van der Waals surface area contributed by atoms with Crippen LogP contribution in [0.1, 0.15) is 35.2 Å². The van der Waals surface area contributed by atoms with E-state index in [1.54, 1.807) is 58.4 Å². The summed E-state index contributed by atoms with van der Waals surface area (Å²) in [5.74, 6) is -0.346. The van der Waals surface area contributed by atoms with Crippen LogP contribution in [0.15, 0.2) is 47.3 Å². The Labute approximate surface area is 179 Å². The van der Waals surface area contributed by atoms with Gasteiger partial charge in [0.05, 0.1) is 16.0 Å². The van der Waals surface area contributed by atoms with Crippen molar-refractivity contribution in [3.8, 4) is 0 Å². The smallest absolute Gasteiger partial charge is 0.307 e. The van der Waals surface area contributed by atoms with Gasteiger partial charge in [-0.3, -0.25) is 9.59 Å². The number of nitrogens with zero attached hydrogens (tertiary/aromatic N) is 2. The summed E-state index contributed by atoms with van der Waals surface area (Å²) in [5, 5.41) is 2.83. The lowest BCUT2D eigenvalue weighted by Gasteiger charge is -2.25. The van der Waals surface area contributed by atoms with Gasteiger partial charge in [-0.2, -0.15) is 0 Å². The highest BCUT2D eigenvalue weighted by Gasteiger charge is 2.24.